The van der Waals surface area contributed by atoms with Gasteiger partial charge in [0.1, 0.15) is 11.5 Å². The van der Waals surface area contributed by atoms with E-state index >= 15 is 0 Å². The van der Waals surface area contributed by atoms with Crippen LogP contribution in [0.2, 0.25) is 0 Å². The van der Waals surface area contributed by atoms with Crippen LogP contribution in [0.1, 0.15) is 35.1 Å². The molecule has 3 nitrogen and oxygen atoms in total. The Morgan fingerprint density at radius 3 is 1.76 bits per heavy atom. The predicted molar refractivity (Wildman–Crippen MR) is 133 cm³/mol. The lowest BCUT2D eigenvalue weighted by Gasteiger charge is -2.41. The third-order valence-electron chi connectivity index (χ3n) is 6.21. The number of oxime groups is 1. The van der Waals surface area contributed by atoms with E-state index < -0.39 is 5.60 Å². The fourth-order valence-electron chi connectivity index (χ4n) is 4.62. The molecule has 4 aromatic carbocycles. The smallest absolute Gasteiger partial charge is 0.180 e. The Bertz CT molecular complexity index is 1270. The normalized spacial score (nSPS) is 18.6. The first-order valence-corrected chi connectivity index (χ1v) is 11.2. The van der Waals surface area contributed by atoms with Crippen molar-refractivity contribution in [2.24, 2.45) is 5.16 Å². The van der Waals surface area contributed by atoms with Crippen LogP contribution in [0, 0.1) is 0 Å². The zero-order valence-corrected chi connectivity index (χ0v) is 18.3. The van der Waals surface area contributed by atoms with Crippen LogP contribution in [0.4, 0.5) is 0 Å². The maximum Gasteiger partial charge on any atom is 0.180 e. The van der Waals surface area contributed by atoms with Gasteiger partial charge in [-0.3, -0.25) is 0 Å². The van der Waals surface area contributed by atoms with Crippen LogP contribution in [0.3, 0.4) is 0 Å². The molecule has 0 spiro atoms. The van der Waals surface area contributed by atoms with E-state index in [1.807, 2.05) is 84.9 Å². The van der Waals surface area contributed by atoms with Gasteiger partial charge in [0, 0.05) is 28.7 Å². The van der Waals surface area contributed by atoms with Crippen LogP contribution in [0.25, 0.3) is 11.3 Å². The van der Waals surface area contributed by atoms with Gasteiger partial charge in [0.05, 0.1) is 0 Å². The molecule has 33 heavy (non-hydrogen) atoms. The van der Waals surface area contributed by atoms with E-state index in [-0.39, 0.29) is 0 Å². The van der Waals surface area contributed by atoms with E-state index in [4.69, 9.17) is 4.74 Å². The number of hydrogen-bond acceptors (Lipinski definition) is 3. The van der Waals surface area contributed by atoms with Crippen molar-refractivity contribution in [2.75, 3.05) is 0 Å². The van der Waals surface area contributed by atoms with Gasteiger partial charge in [0.2, 0.25) is 0 Å². The monoisotopic (exact) mass is 431 g/mol. The van der Waals surface area contributed by atoms with Crippen LogP contribution in [-0.2, 0) is 10.3 Å². The summed E-state index contributed by atoms with van der Waals surface area (Å²) in [6, 6.07) is 40.4. The van der Waals surface area contributed by atoms with Crippen molar-refractivity contribution < 1.29 is 9.94 Å². The molecule has 1 unspecified atom stereocenters. The van der Waals surface area contributed by atoms with E-state index in [2.05, 4.69) is 41.6 Å². The zero-order valence-electron chi connectivity index (χ0n) is 18.3. The average Bonchev–Trinajstić information content (AvgIpc) is 2.91. The molecule has 1 atom stereocenters. The average molecular weight is 432 g/mol. The third-order valence-corrected chi connectivity index (χ3v) is 6.21. The highest BCUT2D eigenvalue weighted by Crippen LogP contribution is 2.47. The van der Waals surface area contributed by atoms with Gasteiger partial charge in [-0.15, -0.1) is 0 Å². The molecule has 162 valence electrons. The summed E-state index contributed by atoms with van der Waals surface area (Å²) in [5.74, 6) is 0.814. The van der Waals surface area contributed by atoms with Crippen molar-refractivity contribution in [1.29, 1.82) is 0 Å². The molecule has 1 N–H and O–H groups in total. The lowest BCUT2D eigenvalue weighted by Crippen LogP contribution is -2.41. The highest BCUT2D eigenvalue weighted by atomic mass is 16.5. The van der Waals surface area contributed by atoms with Gasteiger partial charge in [-0.05, 0) is 12.0 Å². The molecular formula is C30H25NO2. The van der Waals surface area contributed by atoms with Crippen LogP contribution in [-0.4, -0.2) is 10.9 Å². The summed E-state index contributed by atoms with van der Waals surface area (Å²) in [7, 11) is 0. The minimum Gasteiger partial charge on any atom is -0.475 e. The zero-order chi connectivity index (χ0) is 22.5. The lowest BCUT2D eigenvalue weighted by atomic mass is 9.77. The molecule has 0 aliphatic carbocycles. The minimum atomic E-state index is -0.930. The quantitative estimate of drug-likeness (QED) is 0.207. The molecule has 0 saturated carbocycles. The molecule has 1 aliphatic rings. The highest BCUT2D eigenvalue weighted by molar-refractivity contribution is 6.08. The summed E-state index contributed by atoms with van der Waals surface area (Å²) in [5.41, 5.74) is 4.66. The van der Waals surface area contributed by atoms with Crippen molar-refractivity contribution in [3.8, 4) is 0 Å². The molecule has 1 heterocycles. The highest BCUT2D eigenvalue weighted by Gasteiger charge is 2.45. The number of nitrogens with zero attached hydrogens (tertiary/aromatic N) is 1. The van der Waals surface area contributed by atoms with Gasteiger partial charge < -0.3 is 9.94 Å². The molecule has 4 aromatic rings. The fourth-order valence-corrected chi connectivity index (χ4v) is 4.62. The van der Waals surface area contributed by atoms with E-state index in [1.165, 1.54) is 0 Å². The SMILES string of the molecule is O/N=C(\c1ccccc1)C1(c2ccccc2)CCC(c2ccccc2)=C(c2ccccc2)O1. The maximum atomic E-state index is 10.3. The molecular weight excluding hydrogens is 406 g/mol. The van der Waals surface area contributed by atoms with Crippen molar-refractivity contribution in [2.45, 2.75) is 18.4 Å². The van der Waals surface area contributed by atoms with Gasteiger partial charge in [-0.2, -0.15) is 0 Å². The van der Waals surface area contributed by atoms with Gasteiger partial charge in [-0.1, -0.05) is 126 Å². The van der Waals surface area contributed by atoms with Crippen molar-refractivity contribution in [1.82, 2.24) is 0 Å². The number of hydrogen-bond donors (Lipinski definition) is 1. The van der Waals surface area contributed by atoms with Crippen LogP contribution in [0.15, 0.2) is 126 Å². The van der Waals surface area contributed by atoms with Crippen molar-refractivity contribution in [3.05, 3.63) is 144 Å². The summed E-state index contributed by atoms with van der Waals surface area (Å²) >= 11 is 0. The maximum absolute atomic E-state index is 10.3. The number of benzene rings is 4. The molecule has 0 saturated heterocycles. The second-order valence-electron chi connectivity index (χ2n) is 8.15. The summed E-state index contributed by atoms with van der Waals surface area (Å²) in [5, 5.41) is 14.1. The number of allylic oxidation sites excluding steroid dienone is 1. The van der Waals surface area contributed by atoms with Gasteiger partial charge >= 0.3 is 0 Å². The number of rotatable bonds is 5. The second kappa shape index (κ2) is 9.17. The summed E-state index contributed by atoms with van der Waals surface area (Å²) in [6.45, 7) is 0. The predicted octanol–water partition coefficient (Wildman–Crippen LogP) is 7.14. The molecule has 0 amide bonds. The van der Waals surface area contributed by atoms with Crippen LogP contribution < -0.4 is 0 Å². The Morgan fingerprint density at radius 1 is 0.667 bits per heavy atom. The molecule has 0 bridgehead atoms. The van der Waals surface area contributed by atoms with Crippen LogP contribution >= 0.6 is 0 Å². The molecule has 3 heteroatoms. The molecule has 0 fully saturated rings. The van der Waals surface area contributed by atoms with Crippen LogP contribution in [0.5, 0.6) is 0 Å². The Labute approximate surface area is 194 Å². The number of ether oxygens (including phenoxy) is 1. The van der Waals surface area contributed by atoms with E-state index in [9.17, 15) is 5.21 Å². The summed E-state index contributed by atoms with van der Waals surface area (Å²) in [6.07, 6.45) is 1.42. The van der Waals surface area contributed by atoms with Gasteiger partial charge in [0.15, 0.2) is 5.60 Å². The molecule has 1 aliphatic heterocycles. The first kappa shape index (κ1) is 20.8. The molecule has 0 aromatic heterocycles. The topological polar surface area (TPSA) is 41.8 Å². The third kappa shape index (κ3) is 3.94. The van der Waals surface area contributed by atoms with Crippen molar-refractivity contribution >= 4 is 17.0 Å². The standard InChI is InChI=1S/C30H25NO2/c32-31-29(25-17-9-3-10-18-25)30(26-19-11-4-12-20-26)22-21-27(23-13-5-1-6-14-23)28(33-30)24-15-7-2-8-16-24/h1-20,32H,21-22H2/b31-29+. The largest absolute Gasteiger partial charge is 0.475 e. The van der Waals surface area contributed by atoms with E-state index in [0.29, 0.717) is 12.1 Å². The van der Waals surface area contributed by atoms with E-state index in [0.717, 1.165) is 40.0 Å². The minimum absolute atomic E-state index is 0.509. The Morgan fingerprint density at radius 2 is 1.18 bits per heavy atom. The Kier molecular flexibility index (Phi) is 5.77. The lowest BCUT2D eigenvalue weighted by molar-refractivity contribution is 0.0866. The first-order chi connectivity index (χ1) is 16.3. The molecule has 5 rings (SSSR count). The first-order valence-electron chi connectivity index (χ1n) is 11.2. The van der Waals surface area contributed by atoms with E-state index in [1.54, 1.807) is 0 Å². The van der Waals surface area contributed by atoms with Crippen molar-refractivity contribution in [3.63, 3.8) is 0 Å². The Hall–Kier alpha value is -4.11. The fraction of sp³-hybridized carbons (Fsp3) is 0.100. The second-order valence-corrected chi connectivity index (χ2v) is 8.15. The summed E-state index contributed by atoms with van der Waals surface area (Å²) < 4.78 is 7.01. The molecule has 0 radical (unpaired) electrons. The Balaban J connectivity index is 1.73. The van der Waals surface area contributed by atoms with Gasteiger partial charge in [-0.25, -0.2) is 0 Å². The summed E-state index contributed by atoms with van der Waals surface area (Å²) in [4.78, 5) is 0. The van der Waals surface area contributed by atoms with Gasteiger partial charge in [0.25, 0.3) is 0 Å².